The van der Waals surface area contributed by atoms with E-state index < -0.39 is 0 Å². The fourth-order valence-corrected chi connectivity index (χ4v) is 3.41. The zero-order chi connectivity index (χ0) is 16.5. The van der Waals surface area contributed by atoms with Gasteiger partial charge in [0.2, 0.25) is 11.0 Å². The van der Waals surface area contributed by atoms with Crippen LogP contribution in [0.5, 0.6) is 0 Å². The molecule has 120 valence electrons. The molecule has 0 amide bonds. The highest BCUT2D eigenvalue weighted by molar-refractivity contribution is 8.02. The average Bonchev–Trinajstić information content (AvgIpc) is 3.05. The molecule has 5 nitrogen and oxygen atoms in total. The molecule has 0 saturated carbocycles. The molecular formula is C17H15ClN5S+. The van der Waals surface area contributed by atoms with Crippen LogP contribution in [0.25, 0.3) is 5.70 Å². The molecule has 2 aromatic carbocycles. The van der Waals surface area contributed by atoms with Gasteiger partial charge in [0, 0.05) is 21.6 Å². The second-order valence-electron chi connectivity index (χ2n) is 5.41. The Hall–Kier alpha value is -2.28. The van der Waals surface area contributed by atoms with Gasteiger partial charge in [-0.2, -0.15) is 0 Å². The van der Waals surface area contributed by atoms with E-state index in [1.54, 1.807) is 0 Å². The Morgan fingerprint density at radius 2 is 1.79 bits per heavy atom. The number of nitrogens with zero attached hydrogens (tertiary/aromatic N) is 3. The molecule has 0 bridgehead atoms. The normalized spacial score (nSPS) is 14.5. The molecule has 0 fully saturated rings. The van der Waals surface area contributed by atoms with E-state index in [4.69, 9.17) is 11.6 Å². The Morgan fingerprint density at radius 3 is 2.54 bits per heavy atom. The van der Waals surface area contributed by atoms with Gasteiger partial charge in [-0.05, 0) is 12.1 Å². The molecule has 0 aliphatic carbocycles. The van der Waals surface area contributed by atoms with E-state index >= 15 is 0 Å². The van der Waals surface area contributed by atoms with Crippen molar-refractivity contribution in [2.24, 2.45) is 0 Å². The lowest BCUT2D eigenvalue weighted by molar-refractivity contribution is -0.414. The van der Waals surface area contributed by atoms with Crippen molar-refractivity contribution in [2.45, 2.75) is 11.2 Å². The molecule has 0 radical (unpaired) electrons. The number of nitrogens with one attached hydrogen (secondary N) is 1. The molecule has 1 aliphatic rings. The van der Waals surface area contributed by atoms with Gasteiger partial charge in [0.05, 0.1) is 5.70 Å². The summed E-state index contributed by atoms with van der Waals surface area (Å²) in [5.41, 5.74) is 10.8. The Morgan fingerprint density at radius 1 is 1.04 bits per heavy atom. The van der Waals surface area contributed by atoms with Crippen molar-refractivity contribution >= 4 is 29.1 Å². The van der Waals surface area contributed by atoms with Crippen LogP contribution >= 0.6 is 23.4 Å². The maximum Gasteiger partial charge on any atom is 0.215 e. The van der Waals surface area contributed by atoms with Crippen molar-refractivity contribution < 1.29 is 5.73 Å². The fraction of sp³-hybridized carbons (Fsp3) is 0.0588. The zero-order valence-corrected chi connectivity index (χ0v) is 14.3. The highest BCUT2D eigenvalue weighted by Crippen LogP contribution is 2.30. The van der Waals surface area contributed by atoms with E-state index in [1.807, 2.05) is 64.7 Å². The summed E-state index contributed by atoms with van der Waals surface area (Å²) in [6.07, 6.45) is 0. The third-order valence-electron chi connectivity index (χ3n) is 3.84. The highest BCUT2D eigenvalue weighted by atomic mass is 35.5. The van der Waals surface area contributed by atoms with Gasteiger partial charge in [-0.25, -0.2) is 4.68 Å². The minimum Gasteiger partial charge on any atom is -0.345 e. The van der Waals surface area contributed by atoms with Gasteiger partial charge in [0.15, 0.2) is 6.04 Å². The fourth-order valence-electron chi connectivity index (χ4n) is 2.54. The molecule has 1 atom stereocenters. The van der Waals surface area contributed by atoms with Crippen molar-refractivity contribution in [1.82, 2.24) is 14.9 Å². The standard InChI is InChI=1S/C17H14ClN5S/c18-13-8-6-11(7-9-13)14-10-24-17-21-20-16(23(17)22-14)15(19)12-4-2-1-3-5-12/h1-10,15,22H,19H2/p+1/t15-/m1/s1. The van der Waals surface area contributed by atoms with Gasteiger partial charge in [-0.1, -0.05) is 65.8 Å². The lowest BCUT2D eigenvalue weighted by Crippen LogP contribution is -2.55. The third-order valence-corrected chi connectivity index (χ3v) is 4.92. The van der Waals surface area contributed by atoms with Crippen LogP contribution in [0.15, 0.2) is 65.2 Å². The molecule has 0 spiro atoms. The Balaban J connectivity index is 1.65. The summed E-state index contributed by atoms with van der Waals surface area (Å²) in [5.74, 6) is 0.781. The maximum atomic E-state index is 5.97. The van der Waals surface area contributed by atoms with Gasteiger partial charge in [-0.15, -0.1) is 10.2 Å². The maximum absolute atomic E-state index is 5.97. The summed E-state index contributed by atoms with van der Waals surface area (Å²) in [6, 6.07) is 17.7. The van der Waals surface area contributed by atoms with Gasteiger partial charge in [0.1, 0.15) is 0 Å². The van der Waals surface area contributed by atoms with Gasteiger partial charge in [0.25, 0.3) is 0 Å². The van der Waals surface area contributed by atoms with Crippen LogP contribution in [0.3, 0.4) is 0 Å². The van der Waals surface area contributed by atoms with Crippen molar-refractivity contribution in [3.05, 3.63) is 82.0 Å². The number of fused-ring (bicyclic) bond motifs is 1. The average molecular weight is 357 g/mol. The lowest BCUT2D eigenvalue weighted by Gasteiger charge is -2.20. The van der Waals surface area contributed by atoms with E-state index in [0.29, 0.717) is 0 Å². The minimum atomic E-state index is -0.106. The number of aromatic nitrogens is 3. The summed E-state index contributed by atoms with van der Waals surface area (Å²) in [5, 5.41) is 12.1. The SMILES string of the molecule is [NH3+][C@H](c1ccccc1)c1nnc2n1NC(c1ccc(Cl)cc1)=CS2. The van der Waals surface area contributed by atoms with Crippen molar-refractivity contribution in [3.8, 4) is 0 Å². The quantitative estimate of drug-likeness (QED) is 0.757. The second kappa shape index (κ2) is 6.32. The van der Waals surface area contributed by atoms with E-state index in [9.17, 15) is 0 Å². The van der Waals surface area contributed by atoms with Crippen molar-refractivity contribution in [1.29, 1.82) is 0 Å². The third kappa shape index (κ3) is 2.80. The van der Waals surface area contributed by atoms with Gasteiger partial charge in [-0.3, -0.25) is 5.43 Å². The number of hydrogen-bond donors (Lipinski definition) is 2. The molecule has 7 heteroatoms. The summed E-state index contributed by atoms with van der Waals surface area (Å²) in [7, 11) is 0. The first-order valence-corrected chi connectivity index (χ1v) is 8.71. The number of hydrogen-bond acceptors (Lipinski definition) is 4. The van der Waals surface area contributed by atoms with Crippen LogP contribution in [0, 0.1) is 0 Å². The number of thioether (sulfide) groups is 1. The van der Waals surface area contributed by atoms with Crippen molar-refractivity contribution in [2.75, 3.05) is 5.43 Å². The smallest absolute Gasteiger partial charge is 0.215 e. The number of halogens is 1. The largest absolute Gasteiger partial charge is 0.345 e. The first-order valence-electron chi connectivity index (χ1n) is 7.45. The van der Waals surface area contributed by atoms with Crippen LogP contribution in [-0.4, -0.2) is 14.9 Å². The summed E-state index contributed by atoms with van der Waals surface area (Å²) in [6.45, 7) is 0. The summed E-state index contributed by atoms with van der Waals surface area (Å²) >= 11 is 7.50. The van der Waals surface area contributed by atoms with E-state index in [1.165, 1.54) is 11.8 Å². The van der Waals surface area contributed by atoms with E-state index in [2.05, 4.69) is 21.4 Å². The molecule has 1 aromatic heterocycles. The van der Waals surface area contributed by atoms with Crippen LogP contribution in [0.1, 0.15) is 23.0 Å². The molecule has 3 aromatic rings. The molecule has 0 saturated heterocycles. The number of rotatable bonds is 3. The molecule has 24 heavy (non-hydrogen) atoms. The monoisotopic (exact) mass is 356 g/mol. The minimum absolute atomic E-state index is 0.106. The predicted octanol–water partition coefficient (Wildman–Crippen LogP) is 2.91. The number of quaternary nitrogens is 1. The highest BCUT2D eigenvalue weighted by Gasteiger charge is 2.25. The first-order chi connectivity index (χ1) is 11.7. The molecule has 4 rings (SSSR count). The van der Waals surface area contributed by atoms with Crippen molar-refractivity contribution in [3.63, 3.8) is 0 Å². The lowest BCUT2D eigenvalue weighted by atomic mass is 10.1. The van der Waals surface area contributed by atoms with Crippen LogP contribution in [0.2, 0.25) is 5.02 Å². The molecule has 0 unspecified atom stereocenters. The van der Waals surface area contributed by atoms with Crippen LogP contribution < -0.4 is 11.2 Å². The predicted molar refractivity (Wildman–Crippen MR) is 95.8 cm³/mol. The molecular weight excluding hydrogens is 342 g/mol. The van der Waals surface area contributed by atoms with E-state index in [0.717, 1.165) is 32.8 Å². The molecule has 2 heterocycles. The summed E-state index contributed by atoms with van der Waals surface area (Å²) < 4.78 is 1.90. The first kappa shape index (κ1) is 15.3. The molecule has 1 aliphatic heterocycles. The molecule has 4 N–H and O–H groups in total. The zero-order valence-electron chi connectivity index (χ0n) is 12.7. The van der Waals surface area contributed by atoms with Crippen LogP contribution in [-0.2, 0) is 0 Å². The Bertz CT molecular complexity index is 889. The Labute approximate surface area is 148 Å². The summed E-state index contributed by atoms with van der Waals surface area (Å²) in [4.78, 5) is 0. The second-order valence-corrected chi connectivity index (χ2v) is 6.68. The number of benzene rings is 2. The van der Waals surface area contributed by atoms with Gasteiger partial charge >= 0.3 is 0 Å². The topological polar surface area (TPSA) is 70.4 Å². The van der Waals surface area contributed by atoms with Crippen LogP contribution in [0.4, 0.5) is 0 Å². The van der Waals surface area contributed by atoms with Gasteiger partial charge < -0.3 is 5.73 Å². The Kier molecular flexibility index (Phi) is 4.02. The van der Waals surface area contributed by atoms with E-state index in [-0.39, 0.29) is 6.04 Å².